The number of benzene rings is 5. The minimum atomic E-state index is -6.11. The second-order valence-corrected chi connectivity index (χ2v) is 33.1. The number of thioether (sulfide) groups is 1. The molecular weight excluding hydrogens is 1450 g/mol. The van der Waals surface area contributed by atoms with Gasteiger partial charge in [0, 0.05) is 156 Å². The van der Waals surface area contributed by atoms with Crippen molar-refractivity contribution in [3.63, 3.8) is 0 Å². The molecular formula is C75H87ClF3N13O11S3. The Morgan fingerprint density at radius 3 is 2.11 bits per heavy atom. The van der Waals surface area contributed by atoms with Crippen LogP contribution in [0.1, 0.15) is 118 Å². The molecule has 0 bridgehead atoms. The molecule has 1 aromatic heterocycles. The topological polar surface area (TPSA) is 285 Å². The average molecular weight is 1540 g/mol. The van der Waals surface area contributed by atoms with Crippen molar-refractivity contribution in [1.29, 1.82) is 0 Å². The van der Waals surface area contributed by atoms with Gasteiger partial charge in [-0.15, -0.1) is 11.8 Å². The van der Waals surface area contributed by atoms with E-state index in [9.17, 15) is 58.8 Å². The number of carbonyl (C=O) groups is 6. The number of imide groups is 2. The molecule has 0 saturated carbocycles. The van der Waals surface area contributed by atoms with Gasteiger partial charge in [0.05, 0.1) is 40.5 Å². The number of alkyl halides is 3. The van der Waals surface area contributed by atoms with Gasteiger partial charge in [-0.25, -0.2) is 31.5 Å². The first-order chi connectivity index (χ1) is 50.9. The zero-order valence-electron chi connectivity index (χ0n) is 58.9. The number of hydrogen-bond acceptors (Lipinski definition) is 21. The molecule has 5 aromatic carbocycles. The molecule has 2 unspecified atom stereocenters. The van der Waals surface area contributed by atoms with E-state index in [1.807, 2.05) is 47.2 Å². The summed E-state index contributed by atoms with van der Waals surface area (Å²) in [6.07, 6.45) is 9.70. The number of piperidine rings is 1. The van der Waals surface area contributed by atoms with Crippen LogP contribution in [0.4, 0.5) is 36.2 Å². The molecule has 6 heterocycles. The number of hydrogen-bond donors (Lipinski definition) is 5. The normalized spacial score (nSPS) is 19.8. The molecule has 6 aliphatic rings. The molecule has 3 atom stereocenters. The predicted molar refractivity (Wildman–Crippen MR) is 399 cm³/mol. The van der Waals surface area contributed by atoms with Gasteiger partial charge in [0.2, 0.25) is 17.8 Å². The number of morpholine rings is 1. The number of rotatable bonds is 29. The van der Waals surface area contributed by atoms with Crippen LogP contribution in [0.2, 0.25) is 5.02 Å². The lowest BCUT2D eigenvalue weighted by Crippen LogP contribution is -2.54. The first kappa shape index (κ1) is 77.1. The van der Waals surface area contributed by atoms with Crippen molar-refractivity contribution in [3.05, 3.63) is 166 Å². The molecule has 0 radical (unpaired) electrons. The lowest BCUT2D eigenvalue weighted by molar-refractivity contribution is -0.136. The highest BCUT2D eigenvalue weighted by Crippen LogP contribution is 2.45. The highest BCUT2D eigenvalue weighted by atomic mass is 35.5. The summed E-state index contributed by atoms with van der Waals surface area (Å²) < 4.78 is 105. The van der Waals surface area contributed by atoms with Gasteiger partial charge in [0.15, 0.2) is 0 Å². The van der Waals surface area contributed by atoms with Gasteiger partial charge in [-0.2, -0.15) is 13.2 Å². The second-order valence-electron chi connectivity index (χ2n) is 27.9. The van der Waals surface area contributed by atoms with Gasteiger partial charge in [0.1, 0.15) is 10.9 Å². The number of nitrogens with one attached hydrogen (secondary N) is 5. The van der Waals surface area contributed by atoms with Gasteiger partial charge in [0.25, 0.3) is 43.5 Å². The number of ether oxygens (including phenoxy) is 1. The number of anilines is 4. The number of aromatic nitrogens is 2. The zero-order valence-corrected chi connectivity index (χ0v) is 62.1. The van der Waals surface area contributed by atoms with E-state index in [-0.39, 0.29) is 40.9 Å². The maximum absolute atomic E-state index is 14.4. The average Bonchev–Trinajstić information content (AvgIpc) is 1.40. The minimum Gasteiger partial charge on any atom is -0.384 e. The van der Waals surface area contributed by atoms with Crippen LogP contribution in [0.25, 0.3) is 5.57 Å². The zero-order chi connectivity index (χ0) is 74.8. The van der Waals surface area contributed by atoms with Crippen LogP contribution in [0.15, 0.2) is 148 Å². The Kier molecular flexibility index (Phi) is 24.9. The summed E-state index contributed by atoms with van der Waals surface area (Å²) in [6, 6.07) is 29.6. The van der Waals surface area contributed by atoms with Crippen LogP contribution in [0.5, 0.6) is 0 Å². The smallest absolute Gasteiger partial charge is 0.384 e. The number of carbonyl (C=O) groups excluding carboxylic acids is 6. The summed E-state index contributed by atoms with van der Waals surface area (Å²) in [5, 5.41) is 12.1. The first-order valence-corrected chi connectivity index (χ1v) is 40.2. The molecule has 5 N–H and O–H groups in total. The van der Waals surface area contributed by atoms with Crippen LogP contribution in [-0.2, 0) is 34.2 Å². The number of sulfone groups is 1. The van der Waals surface area contributed by atoms with Crippen molar-refractivity contribution >= 4 is 107 Å². The highest BCUT2D eigenvalue weighted by Gasteiger charge is 2.49. The minimum absolute atomic E-state index is 0.0125. The summed E-state index contributed by atoms with van der Waals surface area (Å²) in [4.78, 5) is 98.0. The van der Waals surface area contributed by atoms with Gasteiger partial charge >= 0.3 is 5.51 Å². The lowest BCUT2D eigenvalue weighted by Gasteiger charge is -2.44. The molecule has 12 rings (SSSR count). The van der Waals surface area contributed by atoms with Gasteiger partial charge in [-0.05, 0) is 140 Å². The van der Waals surface area contributed by atoms with E-state index in [0.29, 0.717) is 99.5 Å². The molecule has 6 amide bonds. The maximum Gasteiger partial charge on any atom is 0.501 e. The third-order valence-electron chi connectivity index (χ3n) is 20.4. The van der Waals surface area contributed by atoms with Crippen LogP contribution >= 0.6 is 23.4 Å². The van der Waals surface area contributed by atoms with Crippen LogP contribution < -0.4 is 35.8 Å². The molecule has 106 heavy (non-hydrogen) atoms. The van der Waals surface area contributed by atoms with E-state index >= 15 is 0 Å². The third kappa shape index (κ3) is 18.9. The number of sulfonamides is 1. The Morgan fingerprint density at radius 1 is 0.726 bits per heavy atom. The van der Waals surface area contributed by atoms with Crippen molar-refractivity contribution in [3.8, 4) is 0 Å². The molecule has 0 spiro atoms. The van der Waals surface area contributed by atoms with Crippen LogP contribution in [-0.4, -0.2) is 217 Å². The standard InChI is InChI=1S/C75H87ClF3N13O11S3/c1-74(50-89-34-38-91(39-35-89)73-82-46-54(47-83-73)68(94)81-30-8-3-2-7-29-80-63-13-9-12-61-67(63)72(98)92(71(61)97)64-24-25-66(93)85-70(64)96)28-26-60(51-14-18-55(76)19-15-51)53(45-74)48-88-32-36-90(37-33-88)57-20-16-52(17-21-57)69(95)86-106(101,102)59-22-23-62(65(44-59)105(99,100)75(77,78)79)84-56(27-31-87-40-42-103-43-41-87)49-104-58-10-5-4-6-11-58/h4-6,9-23,44,46-47,56,64,80,84H,2-3,7-8,24-43,45,48-50H2,1H3,(H,81,94)(H,86,95)(H,85,93,96)/t56-,64?,74?/m1/s1. The molecule has 31 heteroatoms. The molecule has 5 aliphatic heterocycles. The molecule has 564 valence electrons. The van der Waals surface area contributed by atoms with Gasteiger partial charge in [-0.3, -0.25) is 53.7 Å². The lowest BCUT2D eigenvalue weighted by atomic mass is 9.71. The molecule has 1 aliphatic carbocycles. The van der Waals surface area contributed by atoms with E-state index in [2.05, 4.69) is 74.8 Å². The third-order valence-corrected chi connectivity index (χ3v) is 24.7. The number of halogens is 4. The van der Waals surface area contributed by atoms with Crippen molar-refractivity contribution in [2.45, 2.75) is 103 Å². The molecule has 6 aromatic rings. The summed E-state index contributed by atoms with van der Waals surface area (Å²) in [5.41, 5.74) is -0.242. The van der Waals surface area contributed by atoms with Gasteiger partial charge in [-0.1, -0.05) is 73.3 Å². The Balaban J connectivity index is 0.591. The fourth-order valence-electron chi connectivity index (χ4n) is 14.6. The summed E-state index contributed by atoms with van der Waals surface area (Å²) in [6.45, 7) is 13.9. The summed E-state index contributed by atoms with van der Waals surface area (Å²) >= 11 is 7.83. The molecule has 4 fully saturated rings. The number of unbranched alkanes of at least 4 members (excludes halogenated alkanes) is 3. The monoisotopic (exact) mass is 1530 g/mol. The maximum atomic E-state index is 14.4. The second kappa shape index (κ2) is 34.2. The fraction of sp³-hybridized carbons (Fsp3) is 0.440. The largest absolute Gasteiger partial charge is 0.501 e. The van der Waals surface area contributed by atoms with E-state index < -0.39 is 82.5 Å². The van der Waals surface area contributed by atoms with Crippen LogP contribution in [0.3, 0.4) is 0 Å². The Labute approximate surface area is 624 Å². The van der Waals surface area contributed by atoms with Gasteiger partial charge < -0.3 is 30.5 Å². The van der Waals surface area contributed by atoms with Crippen molar-refractivity contribution in [1.82, 2.24) is 44.9 Å². The number of nitrogens with zero attached hydrogens (tertiary/aromatic N) is 8. The van der Waals surface area contributed by atoms with Crippen LogP contribution in [0, 0.1) is 5.41 Å². The quantitative estimate of drug-likeness (QED) is 0.0166. The number of piperazine rings is 2. The van der Waals surface area contributed by atoms with E-state index in [4.69, 9.17) is 16.3 Å². The molecule has 24 nitrogen and oxygen atoms in total. The van der Waals surface area contributed by atoms with Crippen molar-refractivity contribution in [2.75, 3.05) is 138 Å². The Hall–Kier alpha value is -8.49. The van der Waals surface area contributed by atoms with Crippen molar-refractivity contribution < 1.29 is 63.5 Å². The number of fused-ring (bicyclic) bond motifs is 1. The fourth-order valence-corrected chi connectivity index (χ4v) is 17.7. The first-order valence-electron chi connectivity index (χ1n) is 35.9. The Bertz CT molecular complexity index is 4450. The summed E-state index contributed by atoms with van der Waals surface area (Å²) in [7, 11) is -11.0. The van der Waals surface area contributed by atoms with E-state index in [1.54, 1.807) is 42.7 Å². The Morgan fingerprint density at radius 2 is 1.42 bits per heavy atom. The predicted octanol–water partition coefficient (Wildman–Crippen LogP) is 9.23. The van der Waals surface area contributed by atoms with Crippen molar-refractivity contribution in [2.24, 2.45) is 5.41 Å². The SMILES string of the molecule is CC1(CN2CCN(c3ncc(C(=O)NCCCCCCNc4cccc5c4C(=O)N(C4CCC(=O)NC4=O)C5=O)cn3)CC2)CCC(c2ccc(Cl)cc2)=C(CN2CCN(c3ccc(C(=O)NS(=O)(=O)c4ccc(N[C@H](CCN5CCOCC5)CSc5ccccc5)c(S(=O)(=O)C(F)(F)F)c4)cc3)CC2)C1. The molecule has 4 saturated heterocycles. The summed E-state index contributed by atoms with van der Waals surface area (Å²) in [5.74, 6) is -2.59. The number of allylic oxidation sites excluding steroid dienone is 1. The highest BCUT2D eigenvalue weighted by molar-refractivity contribution is 7.99. The number of amides is 6. The van der Waals surface area contributed by atoms with E-state index in [1.165, 1.54) is 35.0 Å². The van der Waals surface area contributed by atoms with E-state index in [0.717, 1.165) is 130 Å².